The molecule has 6 aromatic rings. The summed E-state index contributed by atoms with van der Waals surface area (Å²) in [6.07, 6.45) is 5.21. The van der Waals surface area contributed by atoms with E-state index in [9.17, 15) is 9.90 Å². The molecular formula is C45H44N2O5. The fourth-order valence-corrected chi connectivity index (χ4v) is 6.94. The average molecular weight is 693 g/mol. The second-order valence-corrected chi connectivity index (χ2v) is 13.3. The van der Waals surface area contributed by atoms with Crippen LogP contribution in [0.3, 0.4) is 0 Å². The molecule has 52 heavy (non-hydrogen) atoms. The second-order valence-electron chi connectivity index (χ2n) is 13.3. The number of carbonyl (C=O) groups excluding carboxylic acids is 1. The van der Waals surface area contributed by atoms with Gasteiger partial charge in [-0.05, 0) is 116 Å². The van der Waals surface area contributed by atoms with Gasteiger partial charge < -0.3 is 23.9 Å². The number of esters is 1. The molecule has 0 amide bonds. The summed E-state index contributed by atoms with van der Waals surface area (Å²) < 4.78 is 20.3. The first-order valence-corrected chi connectivity index (χ1v) is 18.0. The van der Waals surface area contributed by atoms with Crippen LogP contribution in [0.4, 0.5) is 0 Å². The SMILES string of the molecule is C=C(Oc1ccc2c(c1)c(C)c(-c1ccc(OC(=O)c3ccccc3O)cc1)n2Cc1ccc(OCCN2CCCCCC2)cc1)c1ccccc1. The van der Waals surface area contributed by atoms with Crippen molar-refractivity contribution in [3.8, 4) is 34.3 Å². The lowest BCUT2D eigenvalue weighted by molar-refractivity contribution is 0.0731. The largest absolute Gasteiger partial charge is 0.507 e. The van der Waals surface area contributed by atoms with Gasteiger partial charge in [-0.25, -0.2) is 4.79 Å². The first-order valence-electron chi connectivity index (χ1n) is 18.0. The predicted octanol–water partition coefficient (Wildman–Crippen LogP) is 9.89. The van der Waals surface area contributed by atoms with Crippen LogP contribution >= 0.6 is 0 Å². The van der Waals surface area contributed by atoms with Crippen LogP contribution in [0.5, 0.6) is 23.0 Å². The van der Waals surface area contributed by atoms with Crippen molar-refractivity contribution in [1.82, 2.24) is 9.47 Å². The number of phenolic OH excluding ortho intramolecular Hbond substituents is 1. The number of rotatable bonds is 12. The van der Waals surface area contributed by atoms with Crippen molar-refractivity contribution in [2.45, 2.75) is 39.2 Å². The van der Waals surface area contributed by atoms with Gasteiger partial charge in [-0.15, -0.1) is 0 Å². The highest BCUT2D eigenvalue weighted by molar-refractivity contribution is 5.94. The Morgan fingerprint density at radius 1 is 0.750 bits per heavy atom. The van der Waals surface area contributed by atoms with E-state index in [4.69, 9.17) is 14.2 Å². The summed E-state index contributed by atoms with van der Waals surface area (Å²) in [6.45, 7) is 10.9. The van der Waals surface area contributed by atoms with Gasteiger partial charge in [0.15, 0.2) is 0 Å². The molecule has 0 radical (unpaired) electrons. The number of phenols is 1. The Morgan fingerprint density at radius 2 is 1.42 bits per heavy atom. The van der Waals surface area contributed by atoms with Gasteiger partial charge in [0.25, 0.3) is 0 Å². The summed E-state index contributed by atoms with van der Waals surface area (Å²) in [5, 5.41) is 11.2. The Labute approximate surface area is 305 Å². The van der Waals surface area contributed by atoms with Crippen molar-refractivity contribution in [1.29, 1.82) is 0 Å². The maximum atomic E-state index is 12.8. The summed E-state index contributed by atoms with van der Waals surface area (Å²) in [5.74, 6) is 1.82. The number of ether oxygens (including phenoxy) is 3. The maximum Gasteiger partial charge on any atom is 0.347 e. The minimum absolute atomic E-state index is 0.115. The number of fused-ring (bicyclic) bond motifs is 1. The molecule has 0 bridgehead atoms. The van der Waals surface area contributed by atoms with E-state index in [0.29, 0.717) is 30.4 Å². The van der Waals surface area contributed by atoms with E-state index in [2.05, 4.69) is 59.4 Å². The molecule has 1 saturated heterocycles. The normalized spacial score (nSPS) is 13.4. The summed E-state index contributed by atoms with van der Waals surface area (Å²) in [7, 11) is 0. The molecule has 1 fully saturated rings. The van der Waals surface area contributed by atoms with Crippen LogP contribution in [0.25, 0.3) is 27.9 Å². The average Bonchev–Trinajstić information content (AvgIpc) is 3.29. The van der Waals surface area contributed by atoms with Gasteiger partial charge in [-0.2, -0.15) is 0 Å². The number of aromatic nitrogens is 1. The van der Waals surface area contributed by atoms with E-state index in [0.717, 1.165) is 64.2 Å². The molecule has 1 aromatic heterocycles. The third kappa shape index (κ3) is 8.06. The van der Waals surface area contributed by atoms with Crippen LogP contribution in [-0.4, -0.2) is 46.8 Å². The lowest BCUT2D eigenvalue weighted by atomic mass is 10.1. The second kappa shape index (κ2) is 16.0. The molecule has 0 spiro atoms. The number of benzene rings is 5. The van der Waals surface area contributed by atoms with Gasteiger partial charge in [0.1, 0.15) is 40.9 Å². The van der Waals surface area contributed by atoms with Crippen molar-refractivity contribution in [2.24, 2.45) is 0 Å². The zero-order valence-corrected chi connectivity index (χ0v) is 29.6. The van der Waals surface area contributed by atoms with E-state index in [1.54, 1.807) is 24.3 Å². The Bertz CT molecular complexity index is 2150. The van der Waals surface area contributed by atoms with Gasteiger partial charge in [-0.3, -0.25) is 4.90 Å². The predicted molar refractivity (Wildman–Crippen MR) is 207 cm³/mol. The van der Waals surface area contributed by atoms with E-state index in [1.165, 1.54) is 37.8 Å². The monoisotopic (exact) mass is 692 g/mol. The van der Waals surface area contributed by atoms with Crippen LogP contribution in [-0.2, 0) is 6.54 Å². The minimum Gasteiger partial charge on any atom is -0.507 e. The zero-order valence-electron chi connectivity index (χ0n) is 29.6. The number of nitrogens with zero attached hydrogens (tertiary/aromatic N) is 2. The quantitative estimate of drug-likeness (QED) is 0.0782. The molecule has 7 rings (SSSR count). The van der Waals surface area contributed by atoms with Crippen LogP contribution < -0.4 is 14.2 Å². The topological polar surface area (TPSA) is 73.2 Å². The number of para-hydroxylation sites is 1. The summed E-state index contributed by atoms with van der Waals surface area (Å²) >= 11 is 0. The highest BCUT2D eigenvalue weighted by Gasteiger charge is 2.19. The number of likely N-dealkylation sites (tertiary alicyclic amines) is 1. The molecule has 0 aliphatic carbocycles. The van der Waals surface area contributed by atoms with E-state index in [-0.39, 0.29) is 11.3 Å². The smallest absolute Gasteiger partial charge is 0.347 e. The van der Waals surface area contributed by atoms with Crippen molar-refractivity contribution < 1.29 is 24.1 Å². The fourth-order valence-electron chi connectivity index (χ4n) is 6.94. The Morgan fingerprint density at radius 3 is 2.15 bits per heavy atom. The molecule has 0 saturated carbocycles. The maximum absolute atomic E-state index is 12.8. The number of hydrogen-bond acceptors (Lipinski definition) is 6. The molecule has 7 nitrogen and oxygen atoms in total. The van der Waals surface area contributed by atoms with Crippen molar-refractivity contribution in [3.05, 3.63) is 150 Å². The molecular weight excluding hydrogens is 649 g/mol. The third-order valence-electron chi connectivity index (χ3n) is 9.73. The molecule has 1 N–H and O–H groups in total. The van der Waals surface area contributed by atoms with Gasteiger partial charge >= 0.3 is 5.97 Å². The highest BCUT2D eigenvalue weighted by Crippen LogP contribution is 2.37. The zero-order chi connectivity index (χ0) is 35.9. The molecule has 0 atom stereocenters. The molecule has 264 valence electrons. The van der Waals surface area contributed by atoms with Crippen LogP contribution in [0.15, 0.2) is 128 Å². The molecule has 1 aliphatic rings. The number of aromatic hydroxyl groups is 1. The van der Waals surface area contributed by atoms with Crippen molar-refractivity contribution >= 4 is 22.6 Å². The van der Waals surface area contributed by atoms with Gasteiger partial charge in [0.2, 0.25) is 0 Å². The van der Waals surface area contributed by atoms with E-state index < -0.39 is 5.97 Å². The Hall–Kier alpha value is -5.79. The molecule has 5 aromatic carbocycles. The Kier molecular flexibility index (Phi) is 10.7. The first-order chi connectivity index (χ1) is 25.4. The van der Waals surface area contributed by atoms with Gasteiger partial charge in [0, 0.05) is 29.6 Å². The standard InChI is InChI=1S/C45H44N2O5/c1-32-41-30-39(51-33(2)35-12-6-5-7-13-35)24-25-42(41)47(31-34-16-20-37(21-17-34)50-29-28-46-26-10-3-4-11-27-46)44(32)36-18-22-38(23-19-36)52-45(49)40-14-8-9-15-43(40)48/h5-9,12-25,30,48H,2-4,10-11,26-29,31H2,1H3. The third-order valence-corrected chi connectivity index (χ3v) is 9.73. The molecule has 1 aliphatic heterocycles. The van der Waals surface area contributed by atoms with Crippen LogP contribution in [0.2, 0.25) is 0 Å². The minimum atomic E-state index is -0.616. The number of carbonyl (C=O) groups is 1. The van der Waals surface area contributed by atoms with Gasteiger partial charge in [-0.1, -0.05) is 74.0 Å². The van der Waals surface area contributed by atoms with Crippen LogP contribution in [0, 0.1) is 6.92 Å². The lowest BCUT2D eigenvalue weighted by Gasteiger charge is -2.19. The van der Waals surface area contributed by atoms with Crippen molar-refractivity contribution in [2.75, 3.05) is 26.2 Å². The Balaban J connectivity index is 1.15. The summed E-state index contributed by atoms with van der Waals surface area (Å²) in [6, 6.07) is 38.3. The molecule has 2 heterocycles. The van der Waals surface area contributed by atoms with Crippen molar-refractivity contribution in [3.63, 3.8) is 0 Å². The summed E-state index contributed by atoms with van der Waals surface area (Å²) in [4.78, 5) is 15.3. The molecule has 0 unspecified atom stereocenters. The first kappa shape index (κ1) is 34.6. The van der Waals surface area contributed by atoms with Gasteiger partial charge in [0.05, 0.1) is 5.69 Å². The lowest BCUT2D eigenvalue weighted by Crippen LogP contribution is -2.29. The fraction of sp³-hybridized carbons (Fsp3) is 0.222. The van der Waals surface area contributed by atoms with E-state index in [1.807, 2.05) is 48.5 Å². The summed E-state index contributed by atoms with van der Waals surface area (Å²) in [5.41, 5.74) is 6.37. The number of aryl methyl sites for hydroxylation is 1. The number of hydrogen-bond donors (Lipinski definition) is 1. The van der Waals surface area contributed by atoms with Crippen LogP contribution in [0.1, 0.15) is 52.7 Å². The highest BCUT2D eigenvalue weighted by atomic mass is 16.5. The van der Waals surface area contributed by atoms with E-state index >= 15 is 0 Å². The molecule has 7 heteroatoms.